The lowest BCUT2D eigenvalue weighted by Crippen LogP contribution is -2.47. The van der Waals surface area contributed by atoms with Gasteiger partial charge in [-0.1, -0.05) is 18.2 Å². The molecule has 96 valence electrons. The van der Waals surface area contributed by atoms with Gasteiger partial charge in [-0.25, -0.2) is 5.01 Å². The van der Waals surface area contributed by atoms with Gasteiger partial charge in [0, 0.05) is 19.6 Å². The van der Waals surface area contributed by atoms with Crippen molar-refractivity contribution in [1.82, 2.24) is 5.01 Å². The number of anilines is 1. The molecule has 0 saturated carbocycles. The van der Waals surface area contributed by atoms with E-state index in [9.17, 15) is 4.79 Å². The third kappa shape index (κ3) is 1.97. The van der Waals surface area contributed by atoms with Crippen LogP contribution < -0.4 is 5.01 Å². The van der Waals surface area contributed by atoms with E-state index in [1.54, 1.807) is 0 Å². The van der Waals surface area contributed by atoms with E-state index in [1.165, 1.54) is 11.3 Å². The molecule has 0 spiro atoms. The van der Waals surface area contributed by atoms with Crippen LogP contribution in [0, 0.1) is 5.92 Å². The normalized spacial score (nSPS) is 21.0. The number of piperidine rings is 1. The summed E-state index contributed by atoms with van der Waals surface area (Å²) in [5.41, 5.74) is 2.70. The smallest absolute Gasteiger partial charge is 0.306 e. The largest absolute Gasteiger partial charge is 0.481 e. The lowest BCUT2D eigenvalue weighted by molar-refractivity contribution is -0.143. The number of rotatable bonds is 2. The highest BCUT2D eigenvalue weighted by Crippen LogP contribution is 2.31. The number of benzene rings is 1. The summed E-state index contributed by atoms with van der Waals surface area (Å²) in [5, 5.41) is 13.7. The van der Waals surface area contributed by atoms with Crippen LogP contribution in [0.15, 0.2) is 24.3 Å². The van der Waals surface area contributed by atoms with Crippen molar-refractivity contribution >= 4 is 11.7 Å². The molecule has 2 aliphatic heterocycles. The number of carboxylic acids is 1. The molecule has 1 saturated heterocycles. The summed E-state index contributed by atoms with van der Waals surface area (Å²) in [5.74, 6) is -0.796. The van der Waals surface area contributed by atoms with Gasteiger partial charge in [-0.15, -0.1) is 0 Å². The summed E-state index contributed by atoms with van der Waals surface area (Å²) in [6, 6.07) is 8.49. The van der Waals surface area contributed by atoms with Crippen LogP contribution in [0.1, 0.15) is 18.4 Å². The average Bonchev–Trinajstić information content (AvgIpc) is 2.82. The Kier molecular flexibility index (Phi) is 2.96. The fourth-order valence-electron chi connectivity index (χ4n) is 2.97. The summed E-state index contributed by atoms with van der Waals surface area (Å²) in [6.45, 7) is 2.73. The molecular formula is C14H18N2O2. The van der Waals surface area contributed by atoms with Crippen molar-refractivity contribution in [3.8, 4) is 0 Å². The topological polar surface area (TPSA) is 43.8 Å². The average molecular weight is 246 g/mol. The molecule has 4 heteroatoms. The van der Waals surface area contributed by atoms with E-state index in [4.69, 9.17) is 5.11 Å². The molecule has 18 heavy (non-hydrogen) atoms. The molecule has 1 N–H and O–H groups in total. The number of hydrazine groups is 1. The third-order valence-electron chi connectivity index (χ3n) is 4.02. The highest BCUT2D eigenvalue weighted by atomic mass is 16.4. The molecule has 1 fully saturated rings. The molecule has 0 unspecified atom stereocenters. The van der Waals surface area contributed by atoms with Gasteiger partial charge in [-0.05, 0) is 30.9 Å². The molecule has 1 aromatic carbocycles. The standard InChI is InChI=1S/C14H18N2O2/c17-14(18)12-5-8-15(9-6-12)16-10-7-11-3-1-2-4-13(11)16/h1-4,12H,5-10H2,(H,17,18). The van der Waals surface area contributed by atoms with Crippen LogP contribution in [-0.4, -0.2) is 35.7 Å². The molecule has 0 atom stereocenters. The summed E-state index contributed by atoms with van der Waals surface area (Å²) < 4.78 is 0. The Bertz CT molecular complexity index is 453. The van der Waals surface area contributed by atoms with Gasteiger partial charge in [0.2, 0.25) is 0 Å². The number of hydrogen-bond acceptors (Lipinski definition) is 3. The Morgan fingerprint density at radius 2 is 1.89 bits per heavy atom. The highest BCUT2D eigenvalue weighted by Gasteiger charge is 2.30. The summed E-state index contributed by atoms with van der Waals surface area (Å²) in [7, 11) is 0. The third-order valence-corrected chi connectivity index (χ3v) is 4.02. The van der Waals surface area contributed by atoms with Crippen LogP contribution in [0.3, 0.4) is 0 Å². The van der Waals surface area contributed by atoms with Crippen LogP contribution in [-0.2, 0) is 11.2 Å². The molecule has 2 aliphatic rings. The van der Waals surface area contributed by atoms with E-state index in [1.807, 2.05) is 0 Å². The molecule has 0 amide bonds. The van der Waals surface area contributed by atoms with Gasteiger partial charge >= 0.3 is 5.97 Å². The van der Waals surface area contributed by atoms with Crippen molar-refractivity contribution in [3.05, 3.63) is 29.8 Å². The Morgan fingerprint density at radius 1 is 1.17 bits per heavy atom. The number of nitrogens with zero attached hydrogens (tertiary/aromatic N) is 2. The van der Waals surface area contributed by atoms with E-state index < -0.39 is 5.97 Å². The van der Waals surface area contributed by atoms with Crippen molar-refractivity contribution in [2.24, 2.45) is 5.92 Å². The second kappa shape index (κ2) is 4.61. The fraction of sp³-hybridized carbons (Fsp3) is 0.500. The fourth-order valence-corrected chi connectivity index (χ4v) is 2.97. The second-order valence-electron chi connectivity index (χ2n) is 5.07. The number of carboxylic acid groups (broad SMARTS) is 1. The monoisotopic (exact) mass is 246 g/mol. The lowest BCUT2D eigenvalue weighted by Gasteiger charge is -2.38. The maximum atomic E-state index is 10.9. The van der Waals surface area contributed by atoms with Crippen LogP contribution >= 0.6 is 0 Å². The summed E-state index contributed by atoms with van der Waals surface area (Å²) >= 11 is 0. The molecule has 3 rings (SSSR count). The minimum atomic E-state index is -0.642. The summed E-state index contributed by atoms with van der Waals surface area (Å²) in [6.07, 6.45) is 2.61. The number of hydrogen-bond donors (Lipinski definition) is 1. The first kappa shape index (κ1) is 11.5. The van der Waals surface area contributed by atoms with Crippen LogP contribution in [0.5, 0.6) is 0 Å². The molecule has 0 aliphatic carbocycles. The maximum Gasteiger partial charge on any atom is 0.306 e. The van der Waals surface area contributed by atoms with Gasteiger partial charge in [-0.2, -0.15) is 0 Å². The Labute approximate surface area is 107 Å². The molecule has 4 nitrogen and oxygen atoms in total. The molecule has 0 radical (unpaired) electrons. The Morgan fingerprint density at radius 3 is 2.61 bits per heavy atom. The number of aliphatic carboxylic acids is 1. The van der Waals surface area contributed by atoms with Gasteiger partial charge in [0.25, 0.3) is 0 Å². The van der Waals surface area contributed by atoms with Gasteiger partial charge in [0.05, 0.1) is 11.6 Å². The second-order valence-corrected chi connectivity index (χ2v) is 5.07. The number of fused-ring (bicyclic) bond motifs is 1. The summed E-state index contributed by atoms with van der Waals surface area (Å²) in [4.78, 5) is 10.9. The van der Waals surface area contributed by atoms with Crippen LogP contribution in [0.2, 0.25) is 0 Å². The zero-order chi connectivity index (χ0) is 12.5. The minimum Gasteiger partial charge on any atom is -0.481 e. The van der Waals surface area contributed by atoms with Crippen LogP contribution in [0.4, 0.5) is 5.69 Å². The predicted molar refractivity (Wildman–Crippen MR) is 69.4 cm³/mol. The first-order chi connectivity index (χ1) is 8.75. The van der Waals surface area contributed by atoms with Crippen molar-refractivity contribution in [3.63, 3.8) is 0 Å². The maximum absolute atomic E-state index is 10.9. The van der Waals surface area contributed by atoms with E-state index in [-0.39, 0.29) is 5.92 Å². The quantitative estimate of drug-likeness (QED) is 0.863. The van der Waals surface area contributed by atoms with Gasteiger partial charge in [-0.3, -0.25) is 4.79 Å². The van der Waals surface area contributed by atoms with E-state index in [0.717, 1.165) is 38.9 Å². The molecule has 2 heterocycles. The van der Waals surface area contributed by atoms with Gasteiger partial charge in [0.15, 0.2) is 0 Å². The molecule has 0 bridgehead atoms. The van der Waals surface area contributed by atoms with E-state index >= 15 is 0 Å². The van der Waals surface area contributed by atoms with E-state index in [0.29, 0.717) is 0 Å². The molecule has 1 aromatic rings. The first-order valence-electron chi connectivity index (χ1n) is 6.59. The number of carbonyl (C=O) groups is 1. The molecular weight excluding hydrogens is 228 g/mol. The zero-order valence-electron chi connectivity index (χ0n) is 10.4. The van der Waals surface area contributed by atoms with Gasteiger partial charge < -0.3 is 10.1 Å². The number of para-hydroxylation sites is 1. The van der Waals surface area contributed by atoms with E-state index in [2.05, 4.69) is 34.3 Å². The zero-order valence-corrected chi connectivity index (χ0v) is 10.4. The van der Waals surface area contributed by atoms with Gasteiger partial charge in [0.1, 0.15) is 0 Å². The lowest BCUT2D eigenvalue weighted by atomic mass is 9.98. The predicted octanol–water partition coefficient (Wildman–Crippen LogP) is 1.76. The highest BCUT2D eigenvalue weighted by molar-refractivity contribution is 5.70. The minimum absolute atomic E-state index is 0.154. The molecule has 0 aromatic heterocycles. The SMILES string of the molecule is O=C(O)C1CCN(N2CCc3ccccc32)CC1. The van der Waals surface area contributed by atoms with Crippen LogP contribution in [0.25, 0.3) is 0 Å². The van der Waals surface area contributed by atoms with Crippen molar-refractivity contribution in [2.45, 2.75) is 19.3 Å². The van der Waals surface area contributed by atoms with Crippen molar-refractivity contribution in [2.75, 3.05) is 24.6 Å². The first-order valence-corrected chi connectivity index (χ1v) is 6.59. The Balaban J connectivity index is 1.70. The van der Waals surface area contributed by atoms with Crippen molar-refractivity contribution < 1.29 is 9.90 Å². The Hall–Kier alpha value is -1.55. The van der Waals surface area contributed by atoms with Crippen molar-refractivity contribution in [1.29, 1.82) is 0 Å².